The summed E-state index contributed by atoms with van der Waals surface area (Å²) in [5.74, 6) is 5.34. The van der Waals surface area contributed by atoms with Crippen molar-refractivity contribution in [3.8, 4) is 0 Å². The molecule has 4 rings (SSSR count). The second-order valence-corrected chi connectivity index (χ2v) is 21.5. The summed E-state index contributed by atoms with van der Waals surface area (Å²) in [4.78, 5) is 12.9. The smallest absolute Gasteiger partial charge is 0.306 e. The summed E-state index contributed by atoms with van der Waals surface area (Å²) in [5, 5.41) is 0. The summed E-state index contributed by atoms with van der Waals surface area (Å²) < 4.78 is 6.17. The van der Waals surface area contributed by atoms with Crippen molar-refractivity contribution < 1.29 is 9.53 Å². The summed E-state index contributed by atoms with van der Waals surface area (Å²) in [6, 6.07) is 0. The molecule has 0 radical (unpaired) electrons. The number of ether oxygens (including phenoxy) is 1. The molecule has 0 aromatic rings. The molecule has 2 heteroatoms. The minimum Gasteiger partial charge on any atom is -0.462 e. The van der Waals surface area contributed by atoms with Crippen molar-refractivity contribution in [2.24, 2.45) is 46.3 Å². The molecule has 8 unspecified atom stereocenters. The molecule has 0 heterocycles. The quantitative estimate of drug-likeness (QED) is 0.0398. The first-order chi connectivity index (χ1) is 27.2. The van der Waals surface area contributed by atoms with Crippen molar-refractivity contribution in [2.75, 3.05) is 0 Å². The van der Waals surface area contributed by atoms with E-state index >= 15 is 0 Å². The highest BCUT2D eigenvalue weighted by atomic mass is 16.5. The van der Waals surface area contributed by atoms with E-state index in [0.717, 1.165) is 54.8 Å². The van der Waals surface area contributed by atoms with Crippen LogP contribution >= 0.6 is 0 Å². The number of fused-ring (bicyclic) bond motifs is 5. The van der Waals surface area contributed by atoms with Gasteiger partial charge in [0.25, 0.3) is 0 Å². The number of hydrogen-bond acceptors (Lipinski definition) is 2. The lowest BCUT2D eigenvalue weighted by molar-refractivity contribution is -0.151. The van der Waals surface area contributed by atoms with Crippen LogP contribution in [0.5, 0.6) is 0 Å². The Labute approximate surface area is 351 Å². The Morgan fingerprint density at radius 1 is 0.625 bits per heavy atom. The molecule has 8 atom stereocenters. The Kier molecular flexibility index (Phi) is 22.6. The van der Waals surface area contributed by atoms with Gasteiger partial charge >= 0.3 is 5.97 Å². The Morgan fingerprint density at radius 3 is 1.66 bits per heavy atom. The van der Waals surface area contributed by atoms with Gasteiger partial charge in [-0.25, -0.2) is 0 Å². The van der Waals surface area contributed by atoms with E-state index in [2.05, 4.69) is 47.6 Å². The molecule has 4 aliphatic carbocycles. The van der Waals surface area contributed by atoms with E-state index in [1.54, 1.807) is 5.57 Å². The molecule has 3 saturated carbocycles. The van der Waals surface area contributed by atoms with Gasteiger partial charge < -0.3 is 4.74 Å². The van der Waals surface area contributed by atoms with E-state index in [1.165, 1.54) is 205 Å². The highest BCUT2D eigenvalue weighted by Gasteiger charge is 2.59. The second kappa shape index (κ2) is 26.4. The third-order valence-electron chi connectivity index (χ3n) is 16.8. The van der Waals surface area contributed by atoms with Crippen LogP contribution in [0, 0.1) is 46.3 Å². The molecule has 3 fully saturated rings. The number of rotatable bonds is 31. The van der Waals surface area contributed by atoms with Crippen molar-refractivity contribution in [1.82, 2.24) is 0 Å². The van der Waals surface area contributed by atoms with Crippen molar-refractivity contribution in [3.05, 3.63) is 11.6 Å². The van der Waals surface area contributed by atoms with Crippen molar-refractivity contribution >= 4 is 5.97 Å². The monoisotopic (exact) mass is 779 g/mol. The van der Waals surface area contributed by atoms with Crippen LogP contribution in [0.25, 0.3) is 0 Å². The first kappa shape index (κ1) is 47.9. The topological polar surface area (TPSA) is 26.3 Å². The summed E-state index contributed by atoms with van der Waals surface area (Å²) in [6.07, 6.45) is 51.7. The molecule has 0 bridgehead atoms. The first-order valence-electron chi connectivity index (χ1n) is 26.1. The van der Waals surface area contributed by atoms with Gasteiger partial charge in [-0.2, -0.15) is 0 Å². The van der Waals surface area contributed by atoms with E-state index in [9.17, 15) is 4.79 Å². The molecular weight excluding hydrogens is 681 g/mol. The van der Waals surface area contributed by atoms with Gasteiger partial charge in [-0.05, 0) is 97.7 Å². The number of carbonyl (C=O) groups excluding carboxylic acids is 1. The summed E-state index contributed by atoms with van der Waals surface area (Å²) in [6.45, 7) is 15.0. The maximum absolute atomic E-state index is 12.9. The summed E-state index contributed by atoms with van der Waals surface area (Å²) in [5.41, 5.74) is 2.54. The molecule has 2 nitrogen and oxygen atoms in total. The van der Waals surface area contributed by atoms with Crippen molar-refractivity contribution in [2.45, 2.75) is 279 Å². The fraction of sp³-hybridized carbons (Fsp3) is 0.944. The van der Waals surface area contributed by atoms with E-state index in [1.807, 2.05) is 0 Å². The first-order valence-corrected chi connectivity index (χ1v) is 26.1. The van der Waals surface area contributed by atoms with Crippen LogP contribution in [0.4, 0.5) is 0 Å². The minimum atomic E-state index is 0.0691. The van der Waals surface area contributed by atoms with Gasteiger partial charge in [0.15, 0.2) is 0 Å². The zero-order valence-corrected chi connectivity index (χ0v) is 38.9. The molecule has 0 aromatic heterocycles. The van der Waals surface area contributed by atoms with Crippen LogP contribution in [-0.2, 0) is 9.53 Å². The average Bonchev–Trinajstić information content (AvgIpc) is 3.54. The molecular formula is C54H98O2. The lowest BCUT2D eigenvalue weighted by Gasteiger charge is -2.58. The Bertz CT molecular complexity index is 1070. The Hall–Kier alpha value is -0.790. The maximum Gasteiger partial charge on any atom is 0.306 e. The minimum absolute atomic E-state index is 0.0691. The number of esters is 1. The molecule has 56 heavy (non-hydrogen) atoms. The van der Waals surface area contributed by atoms with E-state index < -0.39 is 0 Å². The maximum atomic E-state index is 12.9. The molecule has 0 N–H and O–H groups in total. The van der Waals surface area contributed by atoms with E-state index in [-0.39, 0.29) is 12.1 Å². The third kappa shape index (κ3) is 15.3. The molecule has 0 spiro atoms. The van der Waals surface area contributed by atoms with Gasteiger partial charge in [-0.3, -0.25) is 4.79 Å². The van der Waals surface area contributed by atoms with Crippen LogP contribution in [0.2, 0.25) is 0 Å². The van der Waals surface area contributed by atoms with Crippen molar-refractivity contribution in [1.29, 1.82) is 0 Å². The van der Waals surface area contributed by atoms with Gasteiger partial charge in [0.1, 0.15) is 6.10 Å². The fourth-order valence-electron chi connectivity index (χ4n) is 13.2. The predicted octanol–water partition coefficient (Wildman–Crippen LogP) is 17.7. The zero-order chi connectivity index (χ0) is 40.1. The van der Waals surface area contributed by atoms with Crippen LogP contribution < -0.4 is 0 Å². The standard InChI is InChI=1S/C54H98O2/c1-7-8-9-10-11-12-13-14-15-16-17-18-19-20-21-22-23-24-25-26-27-28-29-30-34-52(55)56-47-39-41-53(5)46(43-47)35-36-48-50-38-37-49(45(4)33-31-32-44(2)3)54(50,6)42-40-51(48)53/h35,44-45,47-51H,7-34,36-43H2,1-6H3. The zero-order valence-electron chi connectivity index (χ0n) is 38.9. The van der Waals surface area contributed by atoms with Gasteiger partial charge in [-0.1, -0.05) is 220 Å². The molecule has 326 valence electrons. The van der Waals surface area contributed by atoms with Gasteiger partial charge in [0.05, 0.1) is 0 Å². The lowest BCUT2D eigenvalue weighted by Crippen LogP contribution is -2.51. The molecule has 0 aliphatic heterocycles. The van der Waals surface area contributed by atoms with Gasteiger partial charge in [-0.15, -0.1) is 0 Å². The van der Waals surface area contributed by atoms with Crippen LogP contribution in [-0.4, -0.2) is 12.1 Å². The normalized spacial score (nSPS) is 29.1. The molecule has 0 aromatic carbocycles. The largest absolute Gasteiger partial charge is 0.462 e. The number of allylic oxidation sites excluding steroid dienone is 1. The van der Waals surface area contributed by atoms with Crippen molar-refractivity contribution in [3.63, 3.8) is 0 Å². The van der Waals surface area contributed by atoms with Gasteiger partial charge in [0.2, 0.25) is 0 Å². The lowest BCUT2D eigenvalue weighted by atomic mass is 9.47. The number of unbranched alkanes of at least 4 members (excludes halogenated alkanes) is 23. The van der Waals surface area contributed by atoms with E-state index in [4.69, 9.17) is 4.74 Å². The Balaban J connectivity index is 0.965. The molecule has 4 aliphatic rings. The SMILES string of the molecule is CCCCCCCCCCCCCCCCCCCCCCCCCCC(=O)OC1CCC2(C)C(=CCC3C2CCC2(C)C(C(C)CCCC(C)C)CCC32)C1. The third-order valence-corrected chi connectivity index (χ3v) is 16.8. The highest BCUT2D eigenvalue weighted by Crippen LogP contribution is 2.67. The number of hydrogen-bond donors (Lipinski definition) is 0. The van der Waals surface area contributed by atoms with Crippen LogP contribution in [0.1, 0.15) is 273 Å². The van der Waals surface area contributed by atoms with E-state index in [0.29, 0.717) is 17.3 Å². The van der Waals surface area contributed by atoms with Crippen LogP contribution in [0.3, 0.4) is 0 Å². The predicted molar refractivity (Wildman–Crippen MR) is 244 cm³/mol. The van der Waals surface area contributed by atoms with Gasteiger partial charge in [0, 0.05) is 12.8 Å². The second-order valence-electron chi connectivity index (χ2n) is 21.5. The van der Waals surface area contributed by atoms with Crippen LogP contribution in [0.15, 0.2) is 11.6 Å². The molecule has 0 saturated heterocycles. The highest BCUT2D eigenvalue weighted by molar-refractivity contribution is 5.69. The fourth-order valence-corrected chi connectivity index (χ4v) is 13.2. The average molecular weight is 779 g/mol. The summed E-state index contributed by atoms with van der Waals surface area (Å²) in [7, 11) is 0. The Morgan fingerprint density at radius 2 is 1.14 bits per heavy atom. The molecule has 0 amide bonds. The number of carbonyl (C=O) groups is 1. The summed E-state index contributed by atoms with van der Waals surface area (Å²) >= 11 is 0.